The molecule has 0 atom stereocenters. The predicted molar refractivity (Wildman–Crippen MR) is 105 cm³/mol. The molecule has 0 aliphatic heterocycles. The number of sulfone groups is 1. The van der Waals surface area contributed by atoms with E-state index in [0.717, 1.165) is 6.26 Å². The first-order valence-corrected chi connectivity index (χ1v) is 10.6. The third-order valence-electron chi connectivity index (χ3n) is 3.98. The fourth-order valence-corrected chi connectivity index (χ4v) is 3.39. The molecule has 0 saturated heterocycles. The minimum Gasteiger partial charge on any atom is -0.460 e. The molecule has 2 heterocycles. The zero-order valence-corrected chi connectivity index (χ0v) is 16.9. The van der Waals surface area contributed by atoms with Crippen LogP contribution in [0.1, 0.15) is 27.2 Å². The fourth-order valence-electron chi connectivity index (χ4n) is 2.89. The van der Waals surface area contributed by atoms with Gasteiger partial charge in [0.15, 0.2) is 0 Å². The Bertz CT molecular complexity index is 1240. The van der Waals surface area contributed by atoms with Crippen molar-refractivity contribution in [1.29, 1.82) is 0 Å². The highest BCUT2D eigenvalue weighted by atomic mass is 32.2. The number of benzene rings is 1. The summed E-state index contributed by atoms with van der Waals surface area (Å²) in [5.41, 5.74) is -0.174. The van der Waals surface area contributed by atoms with Gasteiger partial charge < -0.3 is 9.30 Å². The molecule has 0 bridgehead atoms. The van der Waals surface area contributed by atoms with E-state index in [1.54, 1.807) is 45.0 Å². The van der Waals surface area contributed by atoms with Crippen LogP contribution in [0.3, 0.4) is 0 Å². The monoisotopic (exact) mass is 403 g/mol. The summed E-state index contributed by atoms with van der Waals surface area (Å²) in [4.78, 5) is 33.0. The second-order valence-corrected chi connectivity index (χ2v) is 9.41. The molecule has 148 valence electrons. The van der Waals surface area contributed by atoms with Crippen molar-refractivity contribution in [2.24, 2.45) is 0 Å². The van der Waals surface area contributed by atoms with Crippen molar-refractivity contribution in [3.05, 3.63) is 40.8 Å². The number of pyridine rings is 1. The van der Waals surface area contributed by atoms with Gasteiger partial charge in [-0.2, -0.15) is 0 Å². The lowest BCUT2D eigenvalue weighted by Crippen LogP contribution is -2.27. The maximum absolute atomic E-state index is 13.0. The fraction of sp³-hybridized carbons (Fsp3) is 0.368. The molecule has 0 amide bonds. The van der Waals surface area contributed by atoms with Gasteiger partial charge in [-0.25, -0.2) is 18.4 Å². The average molecular weight is 403 g/mol. The number of hydrogen-bond acceptors (Lipinski definition) is 7. The van der Waals surface area contributed by atoms with Crippen molar-refractivity contribution in [2.45, 2.75) is 44.5 Å². The summed E-state index contributed by atoms with van der Waals surface area (Å²) >= 11 is 0. The first-order chi connectivity index (χ1) is 13.0. The molecule has 0 radical (unpaired) electrons. The van der Waals surface area contributed by atoms with E-state index in [-0.39, 0.29) is 29.0 Å². The van der Waals surface area contributed by atoms with Crippen LogP contribution in [0.15, 0.2) is 40.4 Å². The van der Waals surface area contributed by atoms with Crippen LogP contribution >= 0.6 is 0 Å². The molecule has 0 fully saturated rings. The van der Waals surface area contributed by atoms with Crippen LogP contribution in [-0.4, -0.2) is 40.8 Å². The number of rotatable bonds is 4. The maximum Gasteiger partial charge on any atom is 0.308 e. The lowest BCUT2D eigenvalue weighted by molar-refractivity contribution is -0.155. The Labute approximate surface area is 162 Å². The van der Waals surface area contributed by atoms with Gasteiger partial charge in [0.05, 0.1) is 22.8 Å². The van der Waals surface area contributed by atoms with Gasteiger partial charge in [-0.05, 0) is 26.8 Å². The van der Waals surface area contributed by atoms with Gasteiger partial charge in [0, 0.05) is 24.4 Å². The molecular weight excluding hydrogens is 382 g/mol. The van der Waals surface area contributed by atoms with Crippen LogP contribution in [0.25, 0.3) is 21.8 Å². The zero-order chi connectivity index (χ0) is 20.7. The molecule has 0 saturated carbocycles. The van der Waals surface area contributed by atoms with Gasteiger partial charge in [0.25, 0.3) is 5.56 Å². The summed E-state index contributed by atoms with van der Waals surface area (Å²) in [6.45, 7) is 5.45. The Kier molecular flexibility index (Phi) is 4.97. The van der Waals surface area contributed by atoms with Gasteiger partial charge in [-0.3, -0.25) is 9.59 Å². The van der Waals surface area contributed by atoms with E-state index in [0.29, 0.717) is 10.9 Å². The van der Waals surface area contributed by atoms with Crippen molar-refractivity contribution >= 4 is 37.6 Å². The quantitative estimate of drug-likeness (QED) is 0.373. The predicted octanol–water partition coefficient (Wildman–Crippen LogP) is 2.08. The first-order valence-electron chi connectivity index (χ1n) is 8.67. The Morgan fingerprint density at radius 2 is 1.86 bits per heavy atom. The van der Waals surface area contributed by atoms with Crippen LogP contribution in [0.4, 0.5) is 0 Å². The number of nitrogens with zero attached hydrogens (tertiary/aromatic N) is 3. The highest BCUT2D eigenvalue weighted by molar-refractivity contribution is 7.90. The van der Waals surface area contributed by atoms with E-state index in [1.807, 2.05) is 0 Å². The number of ether oxygens (including phenoxy) is 1. The third kappa shape index (κ3) is 4.04. The van der Waals surface area contributed by atoms with E-state index < -0.39 is 27.0 Å². The van der Waals surface area contributed by atoms with E-state index in [1.165, 1.54) is 10.8 Å². The number of esters is 1. The smallest absolute Gasteiger partial charge is 0.308 e. The Morgan fingerprint density at radius 3 is 2.50 bits per heavy atom. The van der Waals surface area contributed by atoms with Crippen LogP contribution in [0.5, 0.6) is 0 Å². The van der Waals surface area contributed by atoms with Crippen molar-refractivity contribution in [2.75, 3.05) is 6.26 Å². The largest absolute Gasteiger partial charge is 0.460 e. The van der Waals surface area contributed by atoms with E-state index in [4.69, 9.17) is 4.74 Å². The molecule has 28 heavy (non-hydrogen) atoms. The number of carbonyl (C=O) groups is 1. The zero-order valence-electron chi connectivity index (χ0n) is 16.1. The molecule has 0 N–H and O–H groups in total. The van der Waals surface area contributed by atoms with E-state index >= 15 is 0 Å². The second-order valence-electron chi connectivity index (χ2n) is 7.50. The van der Waals surface area contributed by atoms with Crippen LogP contribution in [0, 0.1) is 0 Å². The molecule has 0 spiro atoms. The molecule has 0 aliphatic rings. The molecule has 9 heteroatoms. The lowest BCUT2D eigenvalue weighted by atomic mass is 10.1. The Morgan fingerprint density at radius 1 is 1.18 bits per heavy atom. The average Bonchev–Trinajstić information content (AvgIpc) is 2.59. The molecule has 2 aromatic heterocycles. The summed E-state index contributed by atoms with van der Waals surface area (Å²) in [6.07, 6.45) is 2.25. The third-order valence-corrected chi connectivity index (χ3v) is 4.84. The first kappa shape index (κ1) is 19.9. The highest BCUT2D eigenvalue weighted by Gasteiger charge is 2.19. The molecular formula is C19H21N3O5S. The molecule has 3 rings (SSSR count). The van der Waals surface area contributed by atoms with Crippen molar-refractivity contribution in [3.63, 3.8) is 0 Å². The summed E-state index contributed by atoms with van der Waals surface area (Å²) in [5, 5.41) is 0.458. The lowest BCUT2D eigenvalue weighted by Gasteiger charge is -2.20. The Balaban J connectivity index is 2.15. The number of aromatic nitrogens is 3. The molecule has 3 aromatic rings. The van der Waals surface area contributed by atoms with Gasteiger partial charge >= 0.3 is 5.97 Å². The van der Waals surface area contributed by atoms with Gasteiger partial charge in [-0.15, -0.1) is 0 Å². The summed E-state index contributed by atoms with van der Waals surface area (Å²) in [6, 6.07) is 7.01. The SMILES string of the molecule is CC(C)(C)OC(=O)CCn1c(=O)c2cnc(S(C)(=O)=O)nc2c2ccccc21. The molecule has 0 aliphatic carbocycles. The van der Waals surface area contributed by atoms with Crippen molar-refractivity contribution in [1.82, 2.24) is 14.5 Å². The number of carbonyl (C=O) groups excluding carboxylic acids is 1. The standard InChI is InChI=1S/C19H21N3O5S/c1-19(2,3)27-15(23)9-10-22-14-8-6-5-7-12(14)16-13(17(22)24)11-20-18(21-16)28(4,25)26/h5-8,11H,9-10H2,1-4H3. The number of aryl methyl sites for hydroxylation is 1. The summed E-state index contributed by atoms with van der Waals surface area (Å²) < 4.78 is 30.4. The van der Waals surface area contributed by atoms with E-state index in [9.17, 15) is 18.0 Å². The second kappa shape index (κ2) is 6.97. The molecule has 1 aromatic carbocycles. The van der Waals surface area contributed by atoms with Gasteiger partial charge in [0.1, 0.15) is 5.60 Å². The van der Waals surface area contributed by atoms with Crippen LogP contribution in [0.2, 0.25) is 0 Å². The number of para-hydroxylation sites is 1. The van der Waals surface area contributed by atoms with Crippen molar-refractivity contribution in [3.8, 4) is 0 Å². The normalized spacial score (nSPS) is 12.4. The Hall–Kier alpha value is -2.81. The summed E-state index contributed by atoms with van der Waals surface area (Å²) in [5.74, 6) is -0.410. The maximum atomic E-state index is 13.0. The minimum absolute atomic E-state index is 0.0228. The summed E-state index contributed by atoms with van der Waals surface area (Å²) in [7, 11) is -3.62. The number of fused-ring (bicyclic) bond motifs is 3. The topological polar surface area (TPSA) is 108 Å². The molecule has 0 unspecified atom stereocenters. The molecule has 8 nitrogen and oxygen atoms in total. The van der Waals surface area contributed by atoms with Gasteiger partial charge in [0.2, 0.25) is 15.0 Å². The minimum atomic E-state index is -3.62. The van der Waals surface area contributed by atoms with Crippen LogP contribution in [-0.2, 0) is 25.9 Å². The van der Waals surface area contributed by atoms with Crippen molar-refractivity contribution < 1.29 is 17.9 Å². The van der Waals surface area contributed by atoms with E-state index in [2.05, 4.69) is 9.97 Å². The highest BCUT2D eigenvalue weighted by Crippen LogP contribution is 2.22. The number of hydrogen-bond donors (Lipinski definition) is 0. The van der Waals surface area contributed by atoms with Crippen LogP contribution < -0.4 is 5.56 Å². The van der Waals surface area contributed by atoms with Gasteiger partial charge in [-0.1, -0.05) is 18.2 Å².